The van der Waals surface area contributed by atoms with Gasteiger partial charge < -0.3 is 14.4 Å². The summed E-state index contributed by atoms with van der Waals surface area (Å²) in [5.74, 6) is 0.737. The first kappa shape index (κ1) is 22.6. The maximum absolute atomic E-state index is 12.9. The molecule has 0 atom stereocenters. The Labute approximate surface area is 189 Å². The minimum atomic E-state index is -4.74. The first-order valence-electron chi connectivity index (χ1n) is 10.5. The molecular formula is C24H22F3N3O3. The number of carbonyl (C=O) groups is 1. The Morgan fingerprint density at radius 3 is 2.00 bits per heavy atom. The van der Waals surface area contributed by atoms with Gasteiger partial charge in [-0.2, -0.15) is 10.2 Å². The monoisotopic (exact) mass is 457 g/mol. The summed E-state index contributed by atoms with van der Waals surface area (Å²) in [6, 6.07) is 15.7. The summed E-state index contributed by atoms with van der Waals surface area (Å²) in [5.41, 5.74) is 2.39. The van der Waals surface area contributed by atoms with Gasteiger partial charge in [0, 0.05) is 24.6 Å². The van der Waals surface area contributed by atoms with Gasteiger partial charge in [-0.05, 0) is 80.4 Å². The molecule has 0 saturated carbocycles. The summed E-state index contributed by atoms with van der Waals surface area (Å²) in [5, 5.41) is 8.39. The Balaban J connectivity index is 1.31. The molecule has 0 N–H and O–H groups in total. The lowest BCUT2D eigenvalue weighted by Gasteiger charge is -2.31. The first-order chi connectivity index (χ1) is 15.8. The third kappa shape index (κ3) is 6.00. The molecule has 6 nitrogen and oxygen atoms in total. The number of likely N-dealkylation sites (tertiary alicyclic amines) is 1. The van der Waals surface area contributed by atoms with Crippen LogP contribution < -0.4 is 9.47 Å². The topological polar surface area (TPSA) is 64.6 Å². The number of benzene rings is 2. The normalized spacial score (nSPS) is 14.7. The minimum Gasteiger partial charge on any atom is -0.457 e. The molecule has 0 unspecified atom stereocenters. The van der Waals surface area contributed by atoms with Crippen molar-refractivity contribution >= 4 is 5.91 Å². The van der Waals surface area contributed by atoms with Crippen molar-refractivity contribution in [3.8, 4) is 17.2 Å². The second kappa shape index (κ2) is 9.48. The Bertz CT molecular complexity index is 1080. The van der Waals surface area contributed by atoms with Crippen molar-refractivity contribution in [2.75, 3.05) is 13.1 Å². The molecule has 3 aromatic rings. The molecule has 0 bridgehead atoms. The average Bonchev–Trinajstić information content (AvgIpc) is 2.80. The fraction of sp³-hybridized carbons (Fsp3) is 0.292. The zero-order valence-corrected chi connectivity index (χ0v) is 17.9. The van der Waals surface area contributed by atoms with Crippen LogP contribution in [0.15, 0.2) is 60.7 Å². The molecule has 1 amide bonds. The van der Waals surface area contributed by atoms with Gasteiger partial charge >= 0.3 is 6.36 Å². The van der Waals surface area contributed by atoms with E-state index in [0.29, 0.717) is 36.1 Å². The van der Waals surface area contributed by atoms with E-state index in [-0.39, 0.29) is 11.7 Å². The molecule has 4 rings (SSSR count). The number of nitrogens with zero attached hydrogens (tertiary/aromatic N) is 3. The SMILES string of the molecule is Cc1ccc(C2CCN(C(=O)c3ccc(Oc4ccc(OC(F)(F)F)cc4)cc3)CC2)nn1. The first-order valence-corrected chi connectivity index (χ1v) is 10.5. The van der Waals surface area contributed by atoms with Gasteiger partial charge in [0.25, 0.3) is 5.91 Å². The van der Waals surface area contributed by atoms with Crippen molar-refractivity contribution in [3.05, 3.63) is 77.6 Å². The number of rotatable bonds is 5. The zero-order valence-electron chi connectivity index (χ0n) is 17.9. The third-order valence-electron chi connectivity index (χ3n) is 5.41. The number of carbonyl (C=O) groups excluding carboxylic acids is 1. The lowest BCUT2D eigenvalue weighted by atomic mass is 9.93. The van der Waals surface area contributed by atoms with Gasteiger partial charge in [-0.3, -0.25) is 4.79 Å². The number of aryl methyl sites for hydroxylation is 1. The summed E-state index contributed by atoms with van der Waals surface area (Å²) in [7, 11) is 0. The van der Waals surface area contributed by atoms with E-state index in [1.54, 1.807) is 24.3 Å². The van der Waals surface area contributed by atoms with Gasteiger partial charge in [-0.1, -0.05) is 0 Å². The van der Waals surface area contributed by atoms with Crippen molar-refractivity contribution in [2.24, 2.45) is 0 Å². The summed E-state index contributed by atoms with van der Waals surface area (Å²) in [6.45, 7) is 3.19. The van der Waals surface area contributed by atoms with Gasteiger partial charge in [0.05, 0.1) is 11.4 Å². The van der Waals surface area contributed by atoms with Gasteiger partial charge in [0.15, 0.2) is 0 Å². The average molecular weight is 457 g/mol. The Hall–Kier alpha value is -3.62. The Morgan fingerprint density at radius 2 is 1.45 bits per heavy atom. The van der Waals surface area contributed by atoms with E-state index in [0.717, 1.165) is 24.2 Å². The lowest BCUT2D eigenvalue weighted by molar-refractivity contribution is -0.274. The van der Waals surface area contributed by atoms with E-state index in [2.05, 4.69) is 14.9 Å². The summed E-state index contributed by atoms with van der Waals surface area (Å²) in [6.07, 6.45) is -3.08. The number of hydrogen-bond acceptors (Lipinski definition) is 5. The zero-order chi connectivity index (χ0) is 23.4. The highest BCUT2D eigenvalue weighted by Crippen LogP contribution is 2.29. The standard InChI is InChI=1S/C24H22F3N3O3/c1-16-2-11-22(29-28-16)17-12-14-30(15-13-17)23(31)18-3-5-19(6-4-18)32-20-7-9-21(10-8-20)33-24(25,26)27/h2-11,17H,12-15H2,1H3. The number of alkyl halides is 3. The van der Waals surface area contributed by atoms with Gasteiger partial charge in [0.1, 0.15) is 17.2 Å². The molecule has 2 aromatic carbocycles. The van der Waals surface area contributed by atoms with E-state index in [4.69, 9.17) is 4.74 Å². The van der Waals surface area contributed by atoms with Crippen LogP contribution in [0.2, 0.25) is 0 Å². The Kier molecular flexibility index (Phi) is 6.48. The lowest BCUT2D eigenvalue weighted by Crippen LogP contribution is -2.38. The maximum Gasteiger partial charge on any atom is 0.573 e. The largest absolute Gasteiger partial charge is 0.573 e. The molecule has 33 heavy (non-hydrogen) atoms. The fourth-order valence-electron chi connectivity index (χ4n) is 3.70. The molecule has 172 valence electrons. The van der Waals surface area contributed by atoms with Crippen molar-refractivity contribution in [2.45, 2.75) is 32.0 Å². The predicted octanol–water partition coefficient (Wildman–Crippen LogP) is 5.50. The molecular weight excluding hydrogens is 435 g/mol. The molecule has 1 saturated heterocycles. The van der Waals surface area contributed by atoms with Crippen molar-refractivity contribution in [1.29, 1.82) is 0 Å². The number of hydrogen-bond donors (Lipinski definition) is 0. The molecule has 0 spiro atoms. The van der Waals surface area contributed by atoms with Crippen LogP contribution in [0.25, 0.3) is 0 Å². The highest BCUT2D eigenvalue weighted by atomic mass is 19.4. The van der Waals surface area contributed by atoms with Gasteiger partial charge in [0.2, 0.25) is 0 Å². The summed E-state index contributed by atoms with van der Waals surface area (Å²) >= 11 is 0. The van der Waals surface area contributed by atoms with Crippen molar-refractivity contribution in [1.82, 2.24) is 15.1 Å². The predicted molar refractivity (Wildman–Crippen MR) is 114 cm³/mol. The van der Waals surface area contributed by atoms with Crippen LogP contribution in [0.4, 0.5) is 13.2 Å². The molecule has 1 aliphatic heterocycles. The maximum atomic E-state index is 12.9. The Morgan fingerprint density at radius 1 is 0.879 bits per heavy atom. The van der Waals surface area contributed by atoms with E-state index in [1.165, 1.54) is 24.3 Å². The van der Waals surface area contributed by atoms with Gasteiger partial charge in [-0.15, -0.1) is 13.2 Å². The van der Waals surface area contributed by atoms with Crippen LogP contribution in [-0.2, 0) is 0 Å². The molecule has 1 aromatic heterocycles. The molecule has 1 fully saturated rings. The van der Waals surface area contributed by atoms with Crippen molar-refractivity contribution < 1.29 is 27.4 Å². The molecule has 1 aliphatic rings. The van der Waals surface area contributed by atoms with E-state index in [1.807, 2.05) is 24.0 Å². The highest BCUT2D eigenvalue weighted by Gasteiger charge is 2.31. The number of ether oxygens (including phenoxy) is 2. The van der Waals surface area contributed by atoms with Crippen LogP contribution in [-0.4, -0.2) is 40.5 Å². The number of piperidine rings is 1. The molecule has 0 radical (unpaired) electrons. The second-order valence-electron chi connectivity index (χ2n) is 7.81. The smallest absolute Gasteiger partial charge is 0.457 e. The van der Waals surface area contributed by atoms with Gasteiger partial charge in [-0.25, -0.2) is 0 Å². The van der Waals surface area contributed by atoms with Crippen LogP contribution in [0, 0.1) is 6.92 Å². The fourth-order valence-corrected chi connectivity index (χ4v) is 3.70. The van der Waals surface area contributed by atoms with Crippen LogP contribution in [0.1, 0.15) is 40.5 Å². The minimum absolute atomic E-state index is 0.0522. The summed E-state index contributed by atoms with van der Waals surface area (Å²) in [4.78, 5) is 14.7. The number of aromatic nitrogens is 2. The quantitative estimate of drug-likeness (QED) is 0.507. The van der Waals surface area contributed by atoms with Crippen LogP contribution in [0.5, 0.6) is 17.2 Å². The highest BCUT2D eigenvalue weighted by molar-refractivity contribution is 5.94. The van der Waals surface area contributed by atoms with E-state index in [9.17, 15) is 18.0 Å². The van der Waals surface area contributed by atoms with E-state index >= 15 is 0 Å². The van der Waals surface area contributed by atoms with Crippen molar-refractivity contribution in [3.63, 3.8) is 0 Å². The third-order valence-corrected chi connectivity index (χ3v) is 5.41. The van der Waals surface area contributed by atoms with E-state index < -0.39 is 6.36 Å². The molecule has 0 aliphatic carbocycles. The number of halogens is 3. The van der Waals surface area contributed by atoms with Crippen LogP contribution >= 0.6 is 0 Å². The second-order valence-corrected chi connectivity index (χ2v) is 7.81. The molecule has 9 heteroatoms. The summed E-state index contributed by atoms with van der Waals surface area (Å²) < 4.78 is 46.2. The molecule has 2 heterocycles. The number of amides is 1. The van der Waals surface area contributed by atoms with Crippen LogP contribution in [0.3, 0.4) is 0 Å².